The predicted octanol–water partition coefficient (Wildman–Crippen LogP) is 3.21. The van der Waals surface area contributed by atoms with Gasteiger partial charge in [0.15, 0.2) is 0 Å². The maximum absolute atomic E-state index is 12.7. The van der Waals surface area contributed by atoms with Crippen LogP contribution in [-0.4, -0.2) is 36.7 Å². The zero-order chi connectivity index (χ0) is 17.9. The molecule has 0 aromatic heterocycles. The van der Waals surface area contributed by atoms with Crippen molar-refractivity contribution in [2.45, 2.75) is 13.3 Å². The Bertz CT molecular complexity index is 794. The second-order valence-electron chi connectivity index (χ2n) is 6.69. The third-order valence-corrected chi connectivity index (χ3v) is 4.60. The molecule has 1 aliphatic rings. The minimum Gasteiger partial charge on any atom is -0.478 e. The van der Waals surface area contributed by atoms with Crippen LogP contribution in [0.4, 0.5) is 0 Å². The van der Waals surface area contributed by atoms with E-state index in [0.29, 0.717) is 29.8 Å². The summed E-state index contributed by atoms with van der Waals surface area (Å²) in [5.41, 5.74) is 1.75. The van der Waals surface area contributed by atoms with Gasteiger partial charge in [0.05, 0.1) is 12.2 Å². The van der Waals surface area contributed by atoms with Gasteiger partial charge in [-0.1, -0.05) is 43.3 Å². The van der Waals surface area contributed by atoms with Gasteiger partial charge < -0.3 is 15.2 Å². The van der Waals surface area contributed by atoms with Crippen LogP contribution in [0.15, 0.2) is 48.5 Å². The molecule has 2 aromatic rings. The van der Waals surface area contributed by atoms with Gasteiger partial charge in [-0.05, 0) is 29.7 Å². The van der Waals surface area contributed by atoms with Crippen LogP contribution in [0, 0.1) is 5.41 Å². The zero-order valence-corrected chi connectivity index (χ0v) is 14.1. The summed E-state index contributed by atoms with van der Waals surface area (Å²) in [5.74, 6) is -1.22. The van der Waals surface area contributed by atoms with Crippen molar-refractivity contribution >= 4 is 11.9 Å². The van der Waals surface area contributed by atoms with E-state index in [4.69, 9.17) is 4.74 Å². The average molecular weight is 339 g/mol. The predicted molar refractivity (Wildman–Crippen MR) is 94.7 cm³/mol. The Morgan fingerprint density at radius 1 is 1.08 bits per heavy atom. The Balaban J connectivity index is 1.89. The van der Waals surface area contributed by atoms with Gasteiger partial charge in [0, 0.05) is 24.1 Å². The van der Waals surface area contributed by atoms with E-state index in [0.717, 1.165) is 13.0 Å². The molecule has 1 aliphatic heterocycles. The molecule has 1 unspecified atom stereocenters. The molecule has 2 N–H and O–H groups in total. The second kappa shape index (κ2) is 7.07. The summed E-state index contributed by atoms with van der Waals surface area (Å²) in [6, 6.07) is 13.8. The number of hydrogen-bond acceptors (Lipinski definition) is 3. The molecule has 25 heavy (non-hydrogen) atoms. The highest BCUT2D eigenvalue weighted by atomic mass is 16.5. The van der Waals surface area contributed by atoms with E-state index in [1.807, 2.05) is 0 Å². The number of carbonyl (C=O) groups is 2. The summed E-state index contributed by atoms with van der Waals surface area (Å²) >= 11 is 0. The molecule has 1 amide bonds. The Kier molecular flexibility index (Phi) is 4.86. The first-order chi connectivity index (χ1) is 12.0. The molecule has 0 saturated carbocycles. The molecule has 1 fully saturated rings. The average Bonchev–Trinajstić information content (AvgIpc) is 3.06. The van der Waals surface area contributed by atoms with Crippen LogP contribution >= 0.6 is 0 Å². The Labute approximate surface area is 146 Å². The van der Waals surface area contributed by atoms with Gasteiger partial charge in [-0.15, -0.1) is 0 Å². The zero-order valence-electron chi connectivity index (χ0n) is 14.1. The van der Waals surface area contributed by atoms with E-state index in [-0.39, 0.29) is 16.9 Å². The lowest BCUT2D eigenvalue weighted by molar-refractivity contribution is 0.0697. The summed E-state index contributed by atoms with van der Waals surface area (Å²) in [7, 11) is 0. The normalized spacial score (nSPS) is 19.6. The Morgan fingerprint density at radius 2 is 1.68 bits per heavy atom. The van der Waals surface area contributed by atoms with Crippen LogP contribution in [0.2, 0.25) is 0 Å². The number of hydrogen-bond donors (Lipinski definition) is 2. The van der Waals surface area contributed by atoms with Gasteiger partial charge >= 0.3 is 5.97 Å². The molecule has 1 saturated heterocycles. The summed E-state index contributed by atoms with van der Waals surface area (Å²) in [6.45, 7) is 3.97. The van der Waals surface area contributed by atoms with E-state index < -0.39 is 5.97 Å². The first-order valence-corrected chi connectivity index (χ1v) is 8.28. The number of rotatable bonds is 5. The lowest BCUT2D eigenvalue weighted by Crippen LogP contribution is -2.36. The maximum atomic E-state index is 12.7. The molecule has 0 aliphatic carbocycles. The van der Waals surface area contributed by atoms with Gasteiger partial charge in [0.1, 0.15) is 0 Å². The van der Waals surface area contributed by atoms with Crippen molar-refractivity contribution < 1.29 is 19.4 Å². The molecule has 5 nitrogen and oxygen atoms in total. The van der Waals surface area contributed by atoms with Crippen molar-refractivity contribution in [2.24, 2.45) is 5.41 Å². The summed E-state index contributed by atoms with van der Waals surface area (Å²) in [5, 5.41) is 12.4. The maximum Gasteiger partial charge on any atom is 0.336 e. The van der Waals surface area contributed by atoms with E-state index in [1.165, 1.54) is 0 Å². The highest BCUT2D eigenvalue weighted by Crippen LogP contribution is 2.29. The minimum atomic E-state index is -1.01. The van der Waals surface area contributed by atoms with Gasteiger partial charge in [-0.2, -0.15) is 0 Å². The fraction of sp³-hybridized carbons (Fsp3) is 0.300. The third-order valence-electron chi connectivity index (χ3n) is 4.60. The Morgan fingerprint density at radius 3 is 2.28 bits per heavy atom. The standard InChI is InChI=1S/C20H21NO4/c1-20(10-11-25-13-20)12-21-18(22)16-8-4-2-6-14(16)15-7-3-5-9-17(15)19(23)24/h2-9H,10-13H2,1H3,(H,21,22)(H,23,24). The molecule has 5 heteroatoms. The fourth-order valence-corrected chi connectivity index (χ4v) is 3.06. The van der Waals surface area contributed by atoms with E-state index in [2.05, 4.69) is 12.2 Å². The van der Waals surface area contributed by atoms with Crippen LogP contribution in [0.1, 0.15) is 34.1 Å². The Hall–Kier alpha value is -2.66. The lowest BCUT2D eigenvalue weighted by atomic mass is 9.89. The van der Waals surface area contributed by atoms with Gasteiger partial charge in [0.25, 0.3) is 5.91 Å². The smallest absolute Gasteiger partial charge is 0.336 e. The minimum absolute atomic E-state index is 0.0520. The molecule has 1 atom stereocenters. The first kappa shape index (κ1) is 17.2. The molecule has 3 rings (SSSR count). The largest absolute Gasteiger partial charge is 0.478 e. The van der Waals surface area contributed by atoms with Crippen molar-refractivity contribution in [3.63, 3.8) is 0 Å². The van der Waals surface area contributed by atoms with Crippen LogP contribution in [0.25, 0.3) is 11.1 Å². The highest BCUT2D eigenvalue weighted by Gasteiger charge is 2.30. The number of amides is 1. The number of carboxylic acid groups (broad SMARTS) is 1. The van der Waals surface area contributed by atoms with Gasteiger partial charge in [-0.25, -0.2) is 4.79 Å². The number of ether oxygens (including phenoxy) is 1. The van der Waals surface area contributed by atoms with Crippen LogP contribution in [0.3, 0.4) is 0 Å². The van der Waals surface area contributed by atoms with Gasteiger partial charge in [0.2, 0.25) is 0 Å². The number of benzene rings is 2. The topological polar surface area (TPSA) is 75.6 Å². The van der Waals surface area contributed by atoms with Gasteiger partial charge in [-0.3, -0.25) is 4.79 Å². The van der Waals surface area contributed by atoms with Crippen molar-refractivity contribution in [1.82, 2.24) is 5.32 Å². The summed E-state index contributed by atoms with van der Waals surface area (Å²) in [4.78, 5) is 24.2. The number of carbonyl (C=O) groups excluding carboxylic acids is 1. The van der Waals surface area contributed by atoms with Crippen molar-refractivity contribution in [1.29, 1.82) is 0 Å². The number of nitrogens with one attached hydrogen (secondary N) is 1. The highest BCUT2D eigenvalue weighted by molar-refractivity contribution is 6.04. The molecule has 1 heterocycles. The van der Waals surface area contributed by atoms with E-state index >= 15 is 0 Å². The van der Waals surface area contributed by atoms with Crippen molar-refractivity contribution in [3.8, 4) is 11.1 Å². The molecular formula is C20H21NO4. The van der Waals surface area contributed by atoms with Crippen molar-refractivity contribution in [2.75, 3.05) is 19.8 Å². The summed E-state index contributed by atoms with van der Waals surface area (Å²) in [6.07, 6.45) is 0.913. The first-order valence-electron chi connectivity index (χ1n) is 8.28. The monoisotopic (exact) mass is 339 g/mol. The lowest BCUT2D eigenvalue weighted by Gasteiger charge is -2.22. The molecule has 2 aromatic carbocycles. The number of aromatic carboxylic acids is 1. The van der Waals surface area contributed by atoms with Crippen LogP contribution in [0.5, 0.6) is 0 Å². The molecule has 130 valence electrons. The van der Waals surface area contributed by atoms with Crippen LogP contribution < -0.4 is 5.32 Å². The second-order valence-corrected chi connectivity index (χ2v) is 6.69. The number of carboxylic acids is 1. The molecule has 0 radical (unpaired) electrons. The third kappa shape index (κ3) is 3.72. The van der Waals surface area contributed by atoms with Crippen LogP contribution in [-0.2, 0) is 4.74 Å². The quantitative estimate of drug-likeness (QED) is 0.877. The SMILES string of the molecule is CC1(CNC(=O)c2ccccc2-c2ccccc2C(=O)O)CCOC1. The summed E-state index contributed by atoms with van der Waals surface area (Å²) < 4.78 is 5.42. The molecule has 0 spiro atoms. The fourth-order valence-electron chi connectivity index (χ4n) is 3.06. The van der Waals surface area contributed by atoms with E-state index in [1.54, 1.807) is 48.5 Å². The molecule has 0 bridgehead atoms. The van der Waals surface area contributed by atoms with Crippen molar-refractivity contribution in [3.05, 3.63) is 59.7 Å². The molecular weight excluding hydrogens is 318 g/mol. The van der Waals surface area contributed by atoms with E-state index in [9.17, 15) is 14.7 Å².